The van der Waals surface area contributed by atoms with Crippen LogP contribution in [0.15, 0.2) is 60.2 Å². The van der Waals surface area contributed by atoms with Crippen molar-refractivity contribution >= 4 is 40.6 Å². The van der Waals surface area contributed by atoms with Crippen LogP contribution in [-0.2, 0) is 4.79 Å². The number of aryl methyl sites for hydroxylation is 2. The number of nitrogens with one attached hydrogen (secondary N) is 1. The predicted octanol–water partition coefficient (Wildman–Crippen LogP) is 6.11. The highest BCUT2D eigenvalue weighted by Gasteiger charge is 2.22. The van der Waals surface area contributed by atoms with E-state index in [4.69, 9.17) is 16.3 Å². The number of hydrogen-bond donors (Lipinski definition) is 1. The van der Waals surface area contributed by atoms with E-state index in [0.717, 1.165) is 29.3 Å². The van der Waals surface area contributed by atoms with Crippen LogP contribution >= 0.6 is 11.6 Å². The first kappa shape index (κ1) is 24.9. The smallest absolute Gasteiger partial charge is 0.318 e. The van der Waals surface area contributed by atoms with E-state index in [1.807, 2.05) is 32.0 Å². The summed E-state index contributed by atoms with van der Waals surface area (Å²) in [4.78, 5) is 33.6. The third-order valence-corrected chi connectivity index (χ3v) is 5.07. The standard InChI is InChI=1S/C24H17ClN4O6/c1-14-3-6-20(15(2)9-14)27-24(30)17(13-26)10-16-11-18(25)4-7-22(16)35-23-8-5-19(28(31)32)12-21(23)29(33)34/h3-12H,1-2H3,(H,27,30)/b17-10+. The lowest BCUT2D eigenvalue weighted by Gasteiger charge is -2.11. The van der Waals surface area contributed by atoms with Crippen LogP contribution in [0.1, 0.15) is 16.7 Å². The molecule has 0 unspecified atom stereocenters. The van der Waals surface area contributed by atoms with Crippen molar-refractivity contribution in [2.24, 2.45) is 0 Å². The molecular formula is C24H17ClN4O6. The Morgan fingerprint density at radius 2 is 1.74 bits per heavy atom. The number of benzene rings is 3. The van der Waals surface area contributed by atoms with Crippen LogP contribution in [0.25, 0.3) is 6.08 Å². The average Bonchev–Trinajstić information content (AvgIpc) is 2.80. The van der Waals surface area contributed by atoms with Gasteiger partial charge in [-0.05, 0) is 55.8 Å². The first-order chi connectivity index (χ1) is 16.6. The number of amides is 1. The summed E-state index contributed by atoms with van der Waals surface area (Å²) in [7, 11) is 0. The fourth-order valence-electron chi connectivity index (χ4n) is 3.14. The van der Waals surface area contributed by atoms with Gasteiger partial charge in [0.1, 0.15) is 17.4 Å². The molecule has 11 heteroatoms. The lowest BCUT2D eigenvalue weighted by molar-refractivity contribution is -0.394. The number of ether oxygens (including phenoxy) is 1. The number of hydrogen-bond acceptors (Lipinski definition) is 7. The Hall–Kier alpha value is -4.75. The summed E-state index contributed by atoms with van der Waals surface area (Å²) >= 11 is 6.08. The van der Waals surface area contributed by atoms with Gasteiger partial charge < -0.3 is 10.1 Å². The lowest BCUT2D eigenvalue weighted by Crippen LogP contribution is -2.14. The number of anilines is 1. The van der Waals surface area contributed by atoms with Crippen LogP contribution < -0.4 is 10.1 Å². The fraction of sp³-hybridized carbons (Fsp3) is 0.0833. The highest BCUT2D eigenvalue weighted by molar-refractivity contribution is 6.30. The van der Waals surface area contributed by atoms with E-state index in [2.05, 4.69) is 5.32 Å². The van der Waals surface area contributed by atoms with Gasteiger partial charge in [-0.25, -0.2) is 0 Å². The molecule has 10 nitrogen and oxygen atoms in total. The Bertz CT molecular complexity index is 1430. The zero-order valence-electron chi connectivity index (χ0n) is 18.4. The van der Waals surface area contributed by atoms with E-state index in [9.17, 15) is 30.3 Å². The predicted molar refractivity (Wildman–Crippen MR) is 129 cm³/mol. The minimum absolute atomic E-state index is 0.0402. The van der Waals surface area contributed by atoms with Crippen molar-refractivity contribution in [1.29, 1.82) is 5.26 Å². The number of nitro benzene ring substituents is 2. The van der Waals surface area contributed by atoms with Crippen LogP contribution in [0.4, 0.5) is 17.1 Å². The highest BCUT2D eigenvalue weighted by Crippen LogP contribution is 2.37. The van der Waals surface area contributed by atoms with Crippen molar-refractivity contribution in [1.82, 2.24) is 0 Å². The van der Waals surface area contributed by atoms with Gasteiger partial charge in [0.2, 0.25) is 5.75 Å². The van der Waals surface area contributed by atoms with E-state index in [1.54, 1.807) is 6.07 Å². The fourth-order valence-corrected chi connectivity index (χ4v) is 3.32. The van der Waals surface area contributed by atoms with Gasteiger partial charge in [-0.3, -0.25) is 25.0 Å². The van der Waals surface area contributed by atoms with Crippen molar-refractivity contribution in [3.63, 3.8) is 0 Å². The summed E-state index contributed by atoms with van der Waals surface area (Å²) < 4.78 is 5.66. The second kappa shape index (κ2) is 10.5. The molecule has 176 valence electrons. The van der Waals surface area contributed by atoms with Crippen LogP contribution in [0.5, 0.6) is 11.5 Å². The Labute approximate surface area is 204 Å². The number of carbonyl (C=O) groups is 1. The van der Waals surface area contributed by atoms with Crippen molar-refractivity contribution < 1.29 is 19.4 Å². The first-order valence-corrected chi connectivity index (χ1v) is 10.4. The number of rotatable bonds is 7. The van der Waals surface area contributed by atoms with Crippen LogP contribution in [0.3, 0.4) is 0 Å². The zero-order chi connectivity index (χ0) is 25.7. The van der Waals surface area contributed by atoms with Crippen molar-refractivity contribution in [2.45, 2.75) is 13.8 Å². The Balaban J connectivity index is 1.99. The molecule has 1 amide bonds. The monoisotopic (exact) mass is 492 g/mol. The maximum absolute atomic E-state index is 12.8. The van der Waals surface area contributed by atoms with E-state index in [1.165, 1.54) is 24.3 Å². The van der Waals surface area contributed by atoms with Gasteiger partial charge in [0, 0.05) is 22.3 Å². The molecule has 0 aliphatic rings. The molecular weight excluding hydrogens is 476 g/mol. The lowest BCUT2D eigenvalue weighted by atomic mass is 10.1. The summed E-state index contributed by atoms with van der Waals surface area (Å²) in [6.45, 7) is 3.73. The summed E-state index contributed by atoms with van der Waals surface area (Å²) in [5.41, 5.74) is 1.18. The van der Waals surface area contributed by atoms with Gasteiger partial charge in [0.15, 0.2) is 0 Å². The van der Waals surface area contributed by atoms with Crippen molar-refractivity contribution in [3.8, 4) is 17.6 Å². The second-order valence-corrected chi connectivity index (χ2v) is 7.83. The third kappa shape index (κ3) is 5.98. The normalized spacial score (nSPS) is 10.9. The molecule has 0 heterocycles. The molecule has 0 fully saturated rings. The molecule has 0 aliphatic heterocycles. The van der Waals surface area contributed by atoms with Gasteiger partial charge in [-0.1, -0.05) is 29.3 Å². The Kier molecular flexibility index (Phi) is 7.43. The zero-order valence-corrected chi connectivity index (χ0v) is 19.2. The van der Waals surface area contributed by atoms with Crippen LogP contribution in [-0.4, -0.2) is 15.8 Å². The molecule has 0 aromatic heterocycles. The molecule has 0 spiro atoms. The number of nitro groups is 2. The quantitative estimate of drug-likeness (QED) is 0.181. The SMILES string of the molecule is Cc1ccc(NC(=O)/C(C#N)=C/c2cc(Cl)ccc2Oc2ccc([N+](=O)[O-])cc2[N+](=O)[O-])c(C)c1. The molecule has 35 heavy (non-hydrogen) atoms. The molecule has 0 radical (unpaired) electrons. The van der Waals surface area contributed by atoms with E-state index in [0.29, 0.717) is 5.69 Å². The first-order valence-electron chi connectivity index (χ1n) is 9.99. The molecule has 0 atom stereocenters. The largest absolute Gasteiger partial charge is 0.449 e. The number of nitriles is 1. The van der Waals surface area contributed by atoms with Crippen LogP contribution in [0, 0.1) is 45.4 Å². The summed E-state index contributed by atoms with van der Waals surface area (Å²) in [6.07, 6.45) is 1.23. The molecule has 0 bridgehead atoms. The number of non-ortho nitro benzene ring substituents is 1. The third-order valence-electron chi connectivity index (χ3n) is 4.84. The number of carbonyl (C=O) groups excluding carboxylic acids is 1. The number of nitrogens with zero attached hydrogens (tertiary/aromatic N) is 3. The molecule has 3 aromatic carbocycles. The molecule has 3 aromatic rings. The molecule has 1 N–H and O–H groups in total. The van der Waals surface area contributed by atoms with Gasteiger partial charge in [-0.2, -0.15) is 5.26 Å². The molecule has 0 saturated carbocycles. The molecule has 0 aliphatic carbocycles. The maximum atomic E-state index is 12.8. The summed E-state index contributed by atoms with van der Waals surface area (Å²) in [5, 5.41) is 34.9. The Morgan fingerprint density at radius 1 is 1.03 bits per heavy atom. The van der Waals surface area contributed by atoms with Crippen molar-refractivity contribution in [2.75, 3.05) is 5.32 Å². The van der Waals surface area contributed by atoms with E-state index >= 15 is 0 Å². The molecule has 0 saturated heterocycles. The Morgan fingerprint density at radius 3 is 2.37 bits per heavy atom. The minimum Gasteiger partial charge on any atom is -0.449 e. The summed E-state index contributed by atoms with van der Waals surface area (Å²) in [5.74, 6) is -0.902. The molecule has 3 rings (SSSR count). The minimum atomic E-state index is -0.814. The van der Waals surface area contributed by atoms with Gasteiger partial charge in [-0.15, -0.1) is 0 Å². The van der Waals surface area contributed by atoms with Gasteiger partial charge in [0.25, 0.3) is 11.6 Å². The van der Waals surface area contributed by atoms with Crippen molar-refractivity contribution in [3.05, 3.63) is 102 Å². The number of halogens is 1. The average molecular weight is 493 g/mol. The van der Waals surface area contributed by atoms with Gasteiger partial charge in [0.05, 0.1) is 15.9 Å². The topological polar surface area (TPSA) is 148 Å². The van der Waals surface area contributed by atoms with Gasteiger partial charge >= 0.3 is 5.69 Å². The maximum Gasteiger partial charge on any atom is 0.318 e. The van der Waals surface area contributed by atoms with E-state index in [-0.39, 0.29) is 27.7 Å². The second-order valence-electron chi connectivity index (χ2n) is 7.39. The van der Waals surface area contributed by atoms with E-state index < -0.39 is 27.1 Å². The van der Waals surface area contributed by atoms with Crippen LogP contribution in [0.2, 0.25) is 5.02 Å². The summed E-state index contributed by atoms with van der Waals surface area (Å²) in [6, 6.07) is 14.4. The highest BCUT2D eigenvalue weighted by atomic mass is 35.5.